The highest BCUT2D eigenvalue weighted by atomic mass is 32.1. The predicted molar refractivity (Wildman–Crippen MR) is 146 cm³/mol. The number of anilines is 2. The lowest BCUT2D eigenvalue weighted by Crippen LogP contribution is -2.26. The molecule has 1 aliphatic rings. The van der Waals surface area contributed by atoms with E-state index in [0.717, 1.165) is 42.7 Å². The van der Waals surface area contributed by atoms with Gasteiger partial charge in [0.25, 0.3) is 0 Å². The van der Waals surface area contributed by atoms with Crippen molar-refractivity contribution in [1.29, 1.82) is 0 Å². The van der Waals surface area contributed by atoms with Crippen molar-refractivity contribution in [3.05, 3.63) is 99.7 Å². The van der Waals surface area contributed by atoms with Crippen molar-refractivity contribution < 1.29 is 19.4 Å². The van der Waals surface area contributed by atoms with Gasteiger partial charge in [0.2, 0.25) is 0 Å². The second-order valence-electron chi connectivity index (χ2n) is 8.83. The van der Waals surface area contributed by atoms with Crippen LogP contribution in [0.3, 0.4) is 0 Å². The van der Waals surface area contributed by atoms with E-state index in [2.05, 4.69) is 27.8 Å². The zero-order chi connectivity index (χ0) is 24.7. The van der Waals surface area contributed by atoms with Gasteiger partial charge in [0, 0.05) is 13.0 Å². The highest BCUT2D eigenvalue weighted by Crippen LogP contribution is 2.42. The third kappa shape index (κ3) is 5.98. The number of benzene rings is 2. The Labute approximate surface area is 219 Å². The number of aliphatic carboxylic acids is 1. The predicted octanol–water partition coefficient (Wildman–Crippen LogP) is 6.73. The quantitative estimate of drug-likeness (QED) is 0.223. The average Bonchev–Trinajstić information content (AvgIpc) is 3.54. The lowest BCUT2D eigenvalue weighted by Gasteiger charge is -2.22. The Morgan fingerprint density at radius 3 is 2.19 bits per heavy atom. The monoisotopic (exact) mass is 519 g/mol. The summed E-state index contributed by atoms with van der Waals surface area (Å²) in [6.07, 6.45) is 2.52. The van der Waals surface area contributed by atoms with Crippen molar-refractivity contribution in [2.75, 3.05) is 18.1 Å². The van der Waals surface area contributed by atoms with Crippen molar-refractivity contribution in [1.82, 2.24) is 0 Å². The third-order valence-corrected chi connectivity index (χ3v) is 8.27. The normalized spacial score (nSPS) is 13.5. The molecule has 0 saturated heterocycles. The van der Waals surface area contributed by atoms with Gasteiger partial charge in [0.15, 0.2) is 6.10 Å². The van der Waals surface area contributed by atoms with Crippen molar-refractivity contribution in [3.8, 4) is 5.75 Å². The highest BCUT2D eigenvalue weighted by molar-refractivity contribution is 7.16. The number of nitrogens with zero attached hydrogens (tertiary/aromatic N) is 1. The molecule has 0 saturated carbocycles. The van der Waals surface area contributed by atoms with Gasteiger partial charge < -0.3 is 19.5 Å². The maximum atomic E-state index is 11.7. The molecule has 5 nitrogen and oxygen atoms in total. The Hall–Kier alpha value is -3.13. The summed E-state index contributed by atoms with van der Waals surface area (Å²) < 4.78 is 11.7. The van der Waals surface area contributed by atoms with E-state index < -0.39 is 12.1 Å². The van der Waals surface area contributed by atoms with Gasteiger partial charge in [-0.05, 0) is 76.5 Å². The van der Waals surface area contributed by atoms with Gasteiger partial charge in [0.05, 0.1) is 23.2 Å². The molecule has 4 aromatic rings. The summed E-state index contributed by atoms with van der Waals surface area (Å²) in [4.78, 5) is 14.1. The van der Waals surface area contributed by atoms with Crippen LogP contribution in [0, 0.1) is 0 Å². The minimum atomic E-state index is -0.956. The molecule has 3 heterocycles. The molecule has 0 bridgehead atoms. The van der Waals surface area contributed by atoms with Crippen molar-refractivity contribution >= 4 is 38.6 Å². The van der Waals surface area contributed by atoms with Crippen LogP contribution in [0.2, 0.25) is 0 Å². The Balaban J connectivity index is 1.12. The van der Waals surface area contributed by atoms with Crippen LogP contribution in [0.25, 0.3) is 0 Å². The summed E-state index contributed by atoms with van der Waals surface area (Å²) in [7, 11) is 0. The summed E-state index contributed by atoms with van der Waals surface area (Å²) in [6.45, 7) is 1.81. The highest BCUT2D eigenvalue weighted by Gasteiger charge is 2.22. The molecule has 0 spiro atoms. The molecule has 0 radical (unpaired) electrons. The zero-order valence-electron chi connectivity index (χ0n) is 20.0. The molecule has 1 atom stereocenters. The van der Waals surface area contributed by atoms with Gasteiger partial charge in [0.1, 0.15) is 5.75 Å². The fourth-order valence-corrected chi connectivity index (χ4v) is 6.45. The molecule has 0 aliphatic carbocycles. The van der Waals surface area contributed by atoms with Crippen LogP contribution in [0.1, 0.15) is 28.7 Å². The fraction of sp³-hybridized carbons (Fsp3) is 0.276. The van der Waals surface area contributed by atoms with Crippen LogP contribution >= 0.6 is 22.7 Å². The van der Waals surface area contributed by atoms with E-state index in [9.17, 15) is 9.90 Å². The maximum absolute atomic E-state index is 11.7. The smallest absolute Gasteiger partial charge is 0.333 e. The van der Waals surface area contributed by atoms with Gasteiger partial charge in [-0.3, -0.25) is 0 Å². The van der Waals surface area contributed by atoms with E-state index in [1.54, 1.807) is 0 Å². The fourth-order valence-electron chi connectivity index (χ4n) is 4.41. The second kappa shape index (κ2) is 11.7. The number of fused-ring (bicyclic) bond motifs is 2. The van der Waals surface area contributed by atoms with E-state index in [1.165, 1.54) is 21.1 Å². The third-order valence-electron chi connectivity index (χ3n) is 6.31. The number of carboxylic acids is 1. The topological polar surface area (TPSA) is 59.0 Å². The van der Waals surface area contributed by atoms with Gasteiger partial charge in [-0.1, -0.05) is 42.5 Å². The Kier molecular flexibility index (Phi) is 8.01. The van der Waals surface area contributed by atoms with Crippen LogP contribution < -0.4 is 9.64 Å². The first-order valence-corrected chi connectivity index (χ1v) is 13.9. The van der Waals surface area contributed by atoms with Crippen molar-refractivity contribution in [3.63, 3.8) is 0 Å². The molecule has 0 amide bonds. The van der Waals surface area contributed by atoms with Crippen molar-refractivity contribution in [2.45, 2.75) is 38.4 Å². The zero-order valence-corrected chi connectivity index (χ0v) is 21.6. The van der Waals surface area contributed by atoms with E-state index in [1.807, 2.05) is 77.3 Å². The molecule has 1 aliphatic heterocycles. The van der Waals surface area contributed by atoms with E-state index in [0.29, 0.717) is 13.0 Å². The average molecular weight is 520 g/mol. The summed E-state index contributed by atoms with van der Waals surface area (Å²) in [5.41, 5.74) is 4.74. The van der Waals surface area contributed by atoms with Gasteiger partial charge in [-0.25, -0.2) is 4.79 Å². The standard InChI is InChI=1S/C29H29NO4S2/c31-29(32)26(34-20-22-5-2-1-3-6-22)19-21-7-11-25(12-8-21)33-16-4-15-30-27-23(13-17-35-27)9-10-24-14-18-36-28(24)30/h1-3,5-8,11-14,17-18,26H,4,9-10,15-16,19-20H2,(H,31,32). The van der Waals surface area contributed by atoms with Gasteiger partial charge in [-0.2, -0.15) is 0 Å². The Morgan fingerprint density at radius 2 is 1.56 bits per heavy atom. The number of thiophene rings is 2. The first-order chi connectivity index (χ1) is 17.7. The second-order valence-corrected chi connectivity index (χ2v) is 10.6. The molecular formula is C29H29NO4S2. The number of carbonyl (C=O) groups is 1. The summed E-state index contributed by atoms with van der Waals surface area (Å²) in [6, 6.07) is 21.8. The molecule has 2 aromatic heterocycles. The van der Waals surface area contributed by atoms with Crippen LogP contribution in [0.15, 0.2) is 77.5 Å². The lowest BCUT2D eigenvalue weighted by molar-refractivity contribution is -0.151. The van der Waals surface area contributed by atoms with Crippen LogP contribution in [0.5, 0.6) is 5.75 Å². The molecule has 2 aromatic carbocycles. The number of aryl methyl sites for hydroxylation is 2. The van der Waals surface area contributed by atoms with Crippen LogP contribution in [0.4, 0.5) is 10.0 Å². The molecule has 0 fully saturated rings. The summed E-state index contributed by atoms with van der Waals surface area (Å²) in [5, 5.41) is 16.7. The molecule has 7 heteroatoms. The summed E-state index contributed by atoms with van der Waals surface area (Å²) >= 11 is 3.64. The summed E-state index contributed by atoms with van der Waals surface area (Å²) in [5.74, 6) is -0.164. The number of hydrogen-bond acceptors (Lipinski definition) is 6. The Bertz CT molecular complexity index is 1220. The molecule has 1 N–H and O–H groups in total. The molecule has 186 valence electrons. The minimum Gasteiger partial charge on any atom is -0.494 e. The largest absolute Gasteiger partial charge is 0.494 e. The van der Waals surface area contributed by atoms with Gasteiger partial charge >= 0.3 is 5.97 Å². The number of carboxylic acid groups (broad SMARTS) is 1. The first-order valence-electron chi connectivity index (χ1n) is 12.2. The molecular weight excluding hydrogens is 490 g/mol. The van der Waals surface area contributed by atoms with Crippen LogP contribution in [-0.2, 0) is 35.4 Å². The minimum absolute atomic E-state index is 0.274. The molecule has 36 heavy (non-hydrogen) atoms. The number of rotatable bonds is 11. The SMILES string of the molecule is O=C(O)C(Cc1ccc(OCCCN2c3sccc3CCc3ccsc32)cc1)OCc1ccccc1. The van der Waals surface area contributed by atoms with Gasteiger partial charge in [-0.15, -0.1) is 22.7 Å². The number of hydrogen-bond donors (Lipinski definition) is 1. The molecule has 5 rings (SSSR count). The number of ether oxygens (including phenoxy) is 2. The van der Waals surface area contributed by atoms with Crippen molar-refractivity contribution in [2.24, 2.45) is 0 Å². The van der Waals surface area contributed by atoms with E-state index in [4.69, 9.17) is 9.47 Å². The molecule has 1 unspecified atom stereocenters. The van der Waals surface area contributed by atoms with Crippen LogP contribution in [-0.4, -0.2) is 30.3 Å². The Morgan fingerprint density at radius 1 is 0.889 bits per heavy atom. The van der Waals surface area contributed by atoms with E-state index >= 15 is 0 Å². The first kappa shape index (κ1) is 24.6. The van der Waals surface area contributed by atoms with E-state index in [-0.39, 0.29) is 6.61 Å². The lowest BCUT2D eigenvalue weighted by atomic mass is 10.1. The maximum Gasteiger partial charge on any atom is 0.333 e.